The SMILES string of the molecule is C(COC/C=C/c1ccccc1)=C1CC1. The molecule has 0 heterocycles. The average Bonchev–Trinajstić information content (AvgIpc) is 3.09. The Morgan fingerprint density at radius 2 is 1.87 bits per heavy atom. The zero-order chi connectivity index (χ0) is 10.3. The summed E-state index contributed by atoms with van der Waals surface area (Å²) in [5, 5.41) is 0. The molecular formula is C14H16O. The summed E-state index contributed by atoms with van der Waals surface area (Å²) < 4.78 is 5.44. The van der Waals surface area contributed by atoms with E-state index in [9.17, 15) is 0 Å². The van der Waals surface area contributed by atoms with Gasteiger partial charge in [0.05, 0.1) is 13.2 Å². The van der Waals surface area contributed by atoms with E-state index < -0.39 is 0 Å². The fraction of sp³-hybridized carbons (Fsp3) is 0.286. The van der Waals surface area contributed by atoms with E-state index >= 15 is 0 Å². The molecule has 1 aromatic carbocycles. The molecule has 0 amide bonds. The lowest BCUT2D eigenvalue weighted by atomic mass is 10.2. The second-order valence-electron chi connectivity index (χ2n) is 3.71. The summed E-state index contributed by atoms with van der Waals surface area (Å²) in [6.45, 7) is 1.45. The van der Waals surface area contributed by atoms with Gasteiger partial charge in [0.25, 0.3) is 0 Å². The van der Waals surface area contributed by atoms with Crippen LogP contribution >= 0.6 is 0 Å². The molecule has 0 spiro atoms. The molecule has 0 saturated heterocycles. The molecule has 1 aliphatic carbocycles. The first-order chi connectivity index (χ1) is 7.45. The zero-order valence-electron chi connectivity index (χ0n) is 8.86. The number of ether oxygens (including phenoxy) is 1. The van der Waals surface area contributed by atoms with Gasteiger partial charge >= 0.3 is 0 Å². The van der Waals surface area contributed by atoms with Crippen LogP contribution in [0.15, 0.2) is 48.1 Å². The van der Waals surface area contributed by atoms with Crippen molar-refractivity contribution in [2.24, 2.45) is 0 Å². The predicted molar refractivity (Wildman–Crippen MR) is 63.6 cm³/mol. The lowest BCUT2D eigenvalue weighted by molar-refractivity contribution is 0.194. The second-order valence-corrected chi connectivity index (χ2v) is 3.71. The first kappa shape index (κ1) is 10.2. The number of hydrogen-bond acceptors (Lipinski definition) is 1. The van der Waals surface area contributed by atoms with Crippen LogP contribution < -0.4 is 0 Å². The maximum absolute atomic E-state index is 5.44. The maximum Gasteiger partial charge on any atom is 0.0655 e. The lowest BCUT2D eigenvalue weighted by Crippen LogP contribution is -1.89. The minimum absolute atomic E-state index is 0.693. The summed E-state index contributed by atoms with van der Waals surface area (Å²) in [5.41, 5.74) is 2.77. The van der Waals surface area contributed by atoms with Gasteiger partial charge in [-0.2, -0.15) is 0 Å². The maximum atomic E-state index is 5.44. The summed E-state index contributed by atoms with van der Waals surface area (Å²) in [5.74, 6) is 0. The Bertz CT molecular complexity index is 343. The molecule has 1 heteroatoms. The van der Waals surface area contributed by atoms with Crippen molar-refractivity contribution in [3.63, 3.8) is 0 Å². The van der Waals surface area contributed by atoms with Crippen LogP contribution in [0, 0.1) is 0 Å². The van der Waals surface area contributed by atoms with Crippen molar-refractivity contribution < 1.29 is 4.74 Å². The molecule has 1 nitrogen and oxygen atoms in total. The smallest absolute Gasteiger partial charge is 0.0655 e. The Labute approximate surface area is 91.1 Å². The van der Waals surface area contributed by atoms with Gasteiger partial charge in [-0.1, -0.05) is 54.1 Å². The van der Waals surface area contributed by atoms with Crippen LogP contribution in [0.25, 0.3) is 6.08 Å². The van der Waals surface area contributed by atoms with E-state index in [0.29, 0.717) is 6.61 Å². The molecule has 78 valence electrons. The van der Waals surface area contributed by atoms with Crippen LogP contribution in [0.4, 0.5) is 0 Å². The van der Waals surface area contributed by atoms with E-state index in [0.717, 1.165) is 6.61 Å². The van der Waals surface area contributed by atoms with Gasteiger partial charge in [-0.3, -0.25) is 0 Å². The van der Waals surface area contributed by atoms with Crippen LogP contribution in [0.5, 0.6) is 0 Å². The van der Waals surface area contributed by atoms with Crippen LogP contribution in [0.1, 0.15) is 18.4 Å². The molecule has 1 saturated carbocycles. The van der Waals surface area contributed by atoms with E-state index in [-0.39, 0.29) is 0 Å². The van der Waals surface area contributed by atoms with Crippen molar-refractivity contribution in [3.8, 4) is 0 Å². The molecule has 1 aromatic rings. The highest BCUT2D eigenvalue weighted by molar-refractivity contribution is 5.48. The third-order valence-electron chi connectivity index (χ3n) is 2.35. The Morgan fingerprint density at radius 3 is 2.60 bits per heavy atom. The Balaban J connectivity index is 1.64. The van der Waals surface area contributed by atoms with Gasteiger partial charge in [-0.05, 0) is 18.4 Å². The van der Waals surface area contributed by atoms with Gasteiger partial charge in [-0.25, -0.2) is 0 Å². The van der Waals surface area contributed by atoms with Crippen molar-refractivity contribution >= 4 is 6.08 Å². The highest BCUT2D eigenvalue weighted by Crippen LogP contribution is 2.26. The van der Waals surface area contributed by atoms with E-state index in [4.69, 9.17) is 4.74 Å². The standard InChI is InChI=1S/C14H16O/c1-2-5-13(6-3-1)7-4-11-15-12-10-14-8-9-14/h1-7,10H,8-9,11-12H2/b7-4+. The van der Waals surface area contributed by atoms with Crippen molar-refractivity contribution in [2.45, 2.75) is 12.8 Å². The van der Waals surface area contributed by atoms with Gasteiger partial charge in [0.2, 0.25) is 0 Å². The quantitative estimate of drug-likeness (QED) is 0.522. The second kappa shape index (κ2) is 5.52. The summed E-state index contributed by atoms with van der Waals surface area (Å²) in [6.07, 6.45) is 8.90. The Kier molecular flexibility index (Phi) is 3.75. The summed E-state index contributed by atoms with van der Waals surface area (Å²) in [6, 6.07) is 10.3. The van der Waals surface area contributed by atoms with Gasteiger partial charge in [0.15, 0.2) is 0 Å². The van der Waals surface area contributed by atoms with Gasteiger partial charge in [0.1, 0.15) is 0 Å². The first-order valence-electron chi connectivity index (χ1n) is 5.42. The highest BCUT2D eigenvalue weighted by Gasteiger charge is 2.08. The molecule has 0 bridgehead atoms. The molecule has 0 unspecified atom stereocenters. The van der Waals surface area contributed by atoms with Gasteiger partial charge in [0, 0.05) is 0 Å². The number of hydrogen-bond donors (Lipinski definition) is 0. The summed E-state index contributed by atoms with van der Waals surface area (Å²) >= 11 is 0. The number of benzene rings is 1. The zero-order valence-corrected chi connectivity index (χ0v) is 8.86. The molecule has 0 aromatic heterocycles. The molecule has 1 fully saturated rings. The van der Waals surface area contributed by atoms with E-state index in [1.165, 1.54) is 18.4 Å². The van der Waals surface area contributed by atoms with Crippen molar-refractivity contribution in [2.75, 3.05) is 13.2 Å². The van der Waals surface area contributed by atoms with Gasteiger partial charge in [-0.15, -0.1) is 0 Å². The monoisotopic (exact) mass is 200 g/mol. The molecule has 0 aliphatic heterocycles. The van der Waals surface area contributed by atoms with Crippen LogP contribution in [0.2, 0.25) is 0 Å². The van der Waals surface area contributed by atoms with E-state index in [1.54, 1.807) is 5.57 Å². The predicted octanol–water partition coefficient (Wildman–Crippen LogP) is 3.44. The van der Waals surface area contributed by atoms with Crippen LogP contribution in [-0.2, 0) is 4.74 Å². The molecule has 15 heavy (non-hydrogen) atoms. The fourth-order valence-electron chi connectivity index (χ4n) is 1.34. The fourth-order valence-corrected chi connectivity index (χ4v) is 1.34. The normalized spacial score (nSPS) is 14.5. The third kappa shape index (κ3) is 4.13. The lowest BCUT2D eigenvalue weighted by Gasteiger charge is -1.95. The van der Waals surface area contributed by atoms with Crippen molar-refractivity contribution in [1.82, 2.24) is 0 Å². The highest BCUT2D eigenvalue weighted by atomic mass is 16.5. The Hall–Kier alpha value is -1.34. The van der Waals surface area contributed by atoms with Crippen LogP contribution in [-0.4, -0.2) is 13.2 Å². The molecule has 0 N–H and O–H groups in total. The minimum atomic E-state index is 0.693. The van der Waals surface area contributed by atoms with E-state index in [2.05, 4.69) is 30.4 Å². The molecule has 0 atom stereocenters. The number of allylic oxidation sites excluding steroid dienone is 1. The summed E-state index contributed by atoms with van der Waals surface area (Å²) in [7, 11) is 0. The third-order valence-corrected chi connectivity index (χ3v) is 2.35. The van der Waals surface area contributed by atoms with Crippen molar-refractivity contribution in [1.29, 1.82) is 0 Å². The largest absolute Gasteiger partial charge is 0.373 e. The molecular weight excluding hydrogens is 184 g/mol. The van der Waals surface area contributed by atoms with Crippen molar-refractivity contribution in [3.05, 3.63) is 53.6 Å². The topological polar surface area (TPSA) is 9.23 Å². The molecule has 1 aliphatic rings. The minimum Gasteiger partial charge on any atom is -0.373 e. The molecule has 2 rings (SSSR count). The van der Waals surface area contributed by atoms with E-state index in [1.807, 2.05) is 18.2 Å². The van der Waals surface area contributed by atoms with Crippen LogP contribution in [0.3, 0.4) is 0 Å². The number of rotatable bonds is 5. The molecule has 0 radical (unpaired) electrons. The summed E-state index contributed by atoms with van der Waals surface area (Å²) in [4.78, 5) is 0. The average molecular weight is 200 g/mol. The first-order valence-corrected chi connectivity index (χ1v) is 5.42. The Morgan fingerprint density at radius 1 is 1.07 bits per heavy atom. The van der Waals surface area contributed by atoms with Gasteiger partial charge < -0.3 is 4.74 Å².